The zero-order chi connectivity index (χ0) is 20.0. The maximum Gasteiger partial charge on any atom is 0.417 e. The number of hydrogen-bond acceptors (Lipinski definition) is 3. The highest BCUT2D eigenvalue weighted by Crippen LogP contribution is 2.48. The van der Waals surface area contributed by atoms with Gasteiger partial charge in [0, 0.05) is 17.0 Å². The Morgan fingerprint density at radius 2 is 1.62 bits per heavy atom. The first-order valence-corrected chi connectivity index (χ1v) is 9.92. The van der Waals surface area contributed by atoms with Gasteiger partial charge >= 0.3 is 6.18 Å². The van der Waals surface area contributed by atoms with Gasteiger partial charge in [-0.2, -0.15) is 13.2 Å². The van der Waals surface area contributed by atoms with Gasteiger partial charge in [0.15, 0.2) is 0 Å². The van der Waals surface area contributed by atoms with Gasteiger partial charge in [0.25, 0.3) is 0 Å². The minimum absolute atomic E-state index is 0.191. The van der Waals surface area contributed by atoms with E-state index in [-0.39, 0.29) is 5.56 Å². The fourth-order valence-electron chi connectivity index (χ4n) is 3.62. The van der Waals surface area contributed by atoms with E-state index in [1.165, 1.54) is 17.8 Å². The highest BCUT2D eigenvalue weighted by molar-refractivity contribution is 8.04. The van der Waals surface area contributed by atoms with Crippen molar-refractivity contribution in [1.29, 1.82) is 0 Å². The highest BCUT2D eigenvalue weighted by atomic mass is 32.2. The van der Waals surface area contributed by atoms with Crippen molar-refractivity contribution >= 4 is 35.0 Å². The number of amidine groups is 1. The summed E-state index contributed by atoms with van der Waals surface area (Å²) in [5.74, 6) is 0.685. The molecular weight excluding hydrogens is 393 g/mol. The van der Waals surface area contributed by atoms with Crippen molar-refractivity contribution in [2.24, 2.45) is 4.99 Å². The van der Waals surface area contributed by atoms with Crippen LogP contribution < -0.4 is 4.90 Å². The van der Waals surface area contributed by atoms with Crippen LogP contribution in [0.1, 0.15) is 16.7 Å². The van der Waals surface area contributed by atoms with E-state index >= 15 is 0 Å². The molecule has 6 heteroatoms. The fourth-order valence-corrected chi connectivity index (χ4v) is 4.64. The molecule has 2 nitrogen and oxygen atoms in total. The van der Waals surface area contributed by atoms with Crippen LogP contribution in [0.2, 0.25) is 0 Å². The van der Waals surface area contributed by atoms with Crippen molar-refractivity contribution in [3.05, 3.63) is 94.4 Å². The lowest BCUT2D eigenvalue weighted by molar-refractivity contribution is -0.137. The predicted molar refractivity (Wildman–Crippen MR) is 111 cm³/mol. The van der Waals surface area contributed by atoms with Crippen molar-refractivity contribution < 1.29 is 13.2 Å². The quantitative estimate of drug-likeness (QED) is 0.458. The summed E-state index contributed by atoms with van der Waals surface area (Å²) < 4.78 is 41.1. The lowest BCUT2D eigenvalue weighted by atomic mass is 9.99. The largest absolute Gasteiger partial charge is 0.417 e. The molecule has 2 aliphatic rings. The third-order valence-corrected chi connectivity index (χ3v) is 6.01. The van der Waals surface area contributed by atoms with Crippen molar-refractivity contribution in [3.63, 3.8) is 0 Å². The molecule has 3 aromatic carbocycles. The van der Waals surface area contributed by atoms with E-state index in [4.69, 9.17) is 4.99 Å². The van der Waals surface area contributed by atoms with Crippen LogP contribution in [0.3, 0.4) is 0 Å². The molecule has 0 aliphatic carbocycles. The molecule has 5 rings (SSSR count). The molecule has 2 aliphatic heterocycles. The maximum absolute atomic E-state index is 13.7. The Labute approximate surface area is 170 Å². The number of benzene rings is 3. The van der Waals surface area contributed by atoms with Gasteiger partial charge in [0.1, 0.15) is 5.84 Å². The molecule has 0 amide bonds. The van der Waals surface area contributed by atoms with E-state index in [9.17, 15) is 13.2 Å². The minimum atomic E-state index is -4.42. The van der Waals surface area contributed by atoms with Crippen LogP contribution in [0.25, 0.3) is 6.08 Å². The molecule has 0 spiro atoms. The molecule has 0 bridgehead atoms. The van der Waals surface area contributed by atoms with Crippen LogP contribution in [-0.2, 0) is 12.7 Å². The average Bonchev–Trinajstić information content (AvgIpc) is 2.72. The second kappa shape index (κ2) is 6.81. The molecule has 0 saturated carbocycles. The third-order valence-electron chi connectivity index (χ3n) is 4.93. The van der Waals surface area contributed by atoms with E-state index in [0.717, 1.165) is 27.1 Å². The molecule has 2 heterocycles. The number of nitrogens with zero attached hydrogens (tertiary/aromatic N) is 2. The van der Waals surface area contributed by atoms with Crippen LogP contribution in [-0.4, -0.2) is 5.84 Å². The summed E-state index contributed by atoms with van der Waals surface area (Å²) >= 11 is 1.46. The Hall–Kier alpha value is -2.99. The van der Waals surface area contributed by atoms with Crippen molar-refractivity contribution in [1.82, 2.24) is 0 Å². The van der Waals surface area contributed by atoms with E-state index in [0.29, 0.717) is 18.1 Å². The van der Waals surface area contributed by atoms with Gasteiger partial charge in [-0.25, -0.2) is 4.99 Å². The number of alkyl halides is 3. The molecule has 0 fully saturated rings. The Kier molecular flexibility index (Phi) is 4.24. The number of halogens is 3. The molecule has 0 radical (unpaired) electrons. The third kappa shape index (κ3) is 3.23. The average molecular weight is 408 g/mol. The molecule has 0 aromatic heterocycles. The van der Waals surface area contributed by atoms with Gasteiger partial charge in [0.2, 0.25) is 0 Å². The van der Waals surface area contributed by atoms with E-state index in [1.54, 1.807) is 12.1 Å². The summed E-state index contributed by atoms with van der Waals surface area (Å²) in [6, 6.07) is 21.7. The fraction of sp³-hybridized carbons (Fsp3) is 0.0870. The molecule has 29 heavy (non-hydrogen) atoms. The number of hydrogen-bond donors (Lipinski definition) is 0. The Bertz CT molecular complexity index is 1150. The lowest BCUT2D eigenvalue weighted by Gasteiger charge is -2.35. The first-order valence-electron chi connectivity index (χ1n) is 9.10. The van der Waals surface area contributed by atoms with Crippen LogP contribution in [0.4, 0.5) is 24.5 Å². The standard InChI is InChI=1S/C23H15F3N2S/c24-23(25,26)17-9-6-11-19-16(17)13-21-22(27-18-10-4-5-12-20(18)29-21)28(19)14-15-7-2-1-3-8-15/h1-13H,14H2. The number of para-hydroxylation sites is 1. The second-order valence-electron chi connectivity index (χ2n) is 6.82. The summed E-state index contributed by atoms with van der Waals surface area (Å²) in [6.07, 6.45) is -2.80. The number of fused-ring (bicyclic) bond motifs is 3. The molecular formula is C23H15F3N2S. The minimum Gasteiger partial charge on any atom is -0.320 e. The van der Waals surface area contributed by atoms with Crippen molar-refractivity contribution in [2.45, 2.75) is 17.6 Å². The van der Waals surface area contributed by atoms with Gasteiger partial charge in [-0.15, -0.1) is 0 Å². The normalized spacial score (nSPS) is 15.1. The summed E-state index contributed by atoms with van der Waals surface area (Å²) in [6.45, 7) is 0.439. The monoisotopic (exact) mass is 408 g/mol. The van der Waals surface area contributed by atoms with Gasteiger partial charge in [-0.3, -0.25) is 0 Å². The highest BCUT2D eigenvalue weighted by Gasteiger charge is 2.38. The predicted octanol–water partition coefficient (Wildman–Crippen LogP) is 6.90. The smallest absolute Gasteiger partial charge is 0.320 e. The Morgan fingerprint density at radius 3 is 2.41 bits per heavy atom. The first-order chi connectivity index (χ1) is 14.0. The summed E-state index contributed by atoms with van der Waals surface area (Å²) in [5, 5.41) is 0. The molecule has 0 unspecified atom stereocenters. The number of aliphatic imine (C=N–C) groups is 1. The molecule has 0 atom stereocenters. The van der Waals surface area contributed by atoms with Crippen LogP contribution >= 0.6 is 11.8 Å². The van der Waals surface area contributed by atoms with Gasteiger partial charge in [0.05, 0.1) is 21.8 Å². The van der Waals surface area contributed by atoms with Gasteiger partial charge in [-0.05, 0) is 35.9 Å². The van der Waals surface area contributed by atoms with Crippen molar-refractivity contribution in [2.75, 3.05) is 4.90 Å². The summed E-state index contributed by atoms with van der Waals surface area (Å²) in [7, 11) is 0. The van der Waals surface area contributed by atoms with E-state index in [1.807, 2.05) is 59.5 Å². The lowest BCUT2D eigenvalue weighted by Crippen LogP contribution is -2.35. The van der Waals surface area contributed by atoms with Gasteiger partial charge < -0.3 is 4.90 Å². The van der Waals surface area contributed by atoms with E-state index in [2.05, 4.69) is 0 Å². The zero-order valence-corrected chi connectivity index (χ0v) is 16.0. The van der Waals surface area contributed by atoms with Crippen LogP contribution in [0, 0.1) is 0 Å². The number of thioether (sulfide) groups is 1. The summed E-state index contributed by atoms with van der Waals surface area (Å²) in [4.78, 5) is 8.36. The Balaban J connectivity index is 1.71. The zero-order valence-electron chi connectivity index (χ0n) is 15.1. The van der Waals surface area contributed by atoms with Gasteiger partial charge in [-0.1, -0.05) is 60.3 Å². The molecule has 3 aromatic rings. The number of rotatable bonds is 2. The van der Waals surface area contributed by atoms with Crippen LogP contribution in [0.15, 0.2) is 87.6 Å². The molecule has 0 saturated heterocycles. The SMILES string of the molecule is FC(F)(F)c1cccc2c1C=C1Sc3ccccc3N=C1N2Cc1ccccc1. The summed E-state index contributed by atoms with van der Waals surface area (Å²) in [5.41, 5.74) is 1.92. The van der Waals surface area contributed by atoms with Crippen molar-refractivity contribution in [3.8, 4) is 0 Å². The Morgan fingerprint density at radius 1 is 0.862 bits per heavy atom. The molecule has 144 valence electrons. The van der Waals surface area contributed by atoms with E-state index < -0.39 is 11.7 Å². The topological polar surface area (TPSA) is 15.6 Å². The van der Waals surface area contributed by atoms with Crippen LogP contribution in [0.5, 0.6) is 0 Å². The number of anilines is 1. The second-order valence-corrected chi connectivity index (χ2v) is 7.91. The molecule has 0 N–H and O–H groups in total. The maximum atomic E-state index is 13.7. The first kappa shape index (κ1) is 18.1.